The molecular formula is C41H76O2S9. The van der Waals surface area contributed by atoms with Gasteiger partial charge >= 0.3 is 5.97 Å². The van der Waals surface area contributed by atoms with E-state index in [-0.39, 0.29) is 0 Å². The molecule has 1 N–H and O–H groups in total. The molecule has 0 unspecified atom stereocenters. The van der Waals surface area contributed by atoms with Crippen molar-refractivity contribution in [2.24, 2.45) is 0 Å². The van der Waals surface area contributed by atoms with Gasteiger partial charge in [0.1, 0.15) is 10.6 Å². The average molecular weight is 890 g/mol. The third-order valence-corrected chi connectivity index (χ3v) is 18.2. The van der Waals surface area contributed by atoms with Gasteiger partial charge in [-0.05, 0) is 36.5 Å². The Morgan fingerprint density at radius 1 is 0.385 bits per heavy atom. The zero-order valence-electron chi connectivity index (χ0n) is 33.4. The molecule has 0 aliphatic heterocycles. The molecule has 0 aromatic rings. The highest BCUT2D eigenvalue weighted by molar-refractivity contribution is 8.64. The molecule has 0 aliphatic rings. The summed E-state index contributed by atoms with van der Waals surface area (Å²) < 4.78 is 0.765. The van der Waals surface area contributed by atoms with Crippen LogP contribution in [-0.4, -0.2) is 42.3 Å². The van der Waals surface area contributed by atoms with Crippen molar-refractivity contribution in [3.63, 3.8) is 0 Å². The zero-order chi connectivity index (χ0) is 38.4. The lowest BCUT2D eigenvalue weighted by molar-refractivity contribution is -0.135. The Balaban J connectivity index is 4.81. The molecule has 0 fully saturated rings. The van der Waals surface area contributed by atoms with Gasteiger partial charge in [0.2, 0.25) is 3.41 Å². The standard InChI is InChI=1S/C41H76O2S9/c1-4-7-10-13-16-19-22-25-28-31-34-47-38(44)50-41(37(42)43,51-39(45)48-35-32-29-26-23-20-17-14-11-8-5-2)52-40(46)49-36-33-30-27-24-21-18-15-12-9-6-3/h4-36H2,1-3H3,(H,42,43). The first-order valence-electron chi connectivity index (χ1n) is 21.1. The van der Waals surface area contributed by atoms with Crippen molar-refractivity contribution in [2.75, 3.05) is 17.3 Å². The maximum absolute atomic E-state index is 13.0. The lowest BCUT2D eigenvalue weighted by atomic mass is 10.1. The second-order valence-electron chi connectivity index (χ2n) is 14.0. The Kier molecular flexibility index (Phi) is 42.5. The minimum absolute atomic E-state index is 0.684. The number of unbranched alkanes of at least 4 members (excludes halogenated alkanes) is 27. The Bertz CT molecular complexity index is 773. The summed E-state index contributed by atoms with van der Waals surface area (Å²) in [7, 11) is 0. The summed E-state index contributed by atoms with van der Waals surface area (Å²) >= 11 is 26.1. The first-order valence-corrected chi connectivity index (χ1v) is 27.7. The van der Waals surface area contributed by atoms with Crippen LogP contribution in [0.1, 0.15) is 213 Å². The van der Waals surface area contributed by atoms with Gasteiger partial charge in [-0.25, -0.2) is 4.79 Å². The smallest absolute Gasteiger partial charge is 0.341 e. The molecule has 0 aromatic heterocycles. The van der Waals surface area contributed by atoms with Gasteiger partial charge in [-0.1, -0.05) is 266 Å². The maximum Gasteiger partial charge on any atom is 0.341 e. The van der Waals surface area contributed by atoms with Crippen LogP contribution in [0.4, 0.5) is 0 Å². The van der Waals surface area contributed by atoms with Crippen molar-refractivity contribution in [1.82, 2.24) is 0 Å². The summed E-state index contributed by atoms with van der Waals surface area (Å²) in [5, 5.41) is 10.7. The number of hydrogen-bond acceptors (Lipinski definition) is 10. The SMILES string of the molecule is CCCCCCCCCCCCSC(=S)SC(SC(=S)SCCCCCCCCCCCC)(SC(=S)SCCCCCCCCCCCC)C(=O)O. The van der Waals surface area contributed by atoms with E-state index in [0.29, 0.717) is 10.6 Å². The molecule has 2 nitrogen and oxygen atoms in total. The van der Waals surface area contributed by atoms with Crippen molar-refractivity contribution in [3.05, 3.63) is 0 Å². The normalized spacial score (nSPS) is 11.7. The summed E-state index contributed by atoms with van der Waals surface area (Å²) in [4.78, 5) is 13.0. The van der Waals surface area contributed by atoms with E-state index in [4.69, 9.17) is 36.7 Å². The number of hydrogen-bond donors (Lipinski definition) is 1. The second kappa shape index (κ2) is 41.0. The monoisotopic (exact) mass is 888 g/mol. The van der Waals surface area contributed by atoms with Crippen molar-refractivity contribution in [1.29, 1.82) is 0 Å². The van der Waals surface area contributed by atoms with E-state index in [9.17, 15) is 9.90 Å². The van der Waals surface area contributed by atoms with E-state index in [2.05, 4.69) is 20.8 Å². The molecular weight excluding hydrogens is 813 g/mol. The molecule has 0 bridgehead atoms. The van der Waals surface area contributed by atoms with Crippen molar-refractivity contribution in [2.45, 2.75) is 217 Å². The Morgan fingerprint density at radius 3 is 0.769 bits per heavy atom. The molecule has 0 atom stereocenters. The van der Waals surface area contributed by atoms with E-state index in [1.165, 1.54) is 209 Å². The molecule has 0 amide bonds. The van der Waals surface area contributed by atoms with Gasteiger partial charge in [-0.2, -0.15) is 0 Å². The number of carboxylic acid groups (broad SMARTS) is 1. The van der Waals surface area contributed by atoms with Crippen LogP contribution in [0.5, 0.6) is 0 Å². The molecule has 0 saturated carbocycles. The third-order valence-electron chi connectivity index (χ3n) is 9.07. The van der Waals surface area contributed by atoms with Gasteiger partial charge in [-0.3, -0.25) is 0 Å². The van der Waals surface area contributed by atoms with Crippen LogP contribution in [0, 0.1) is 0 Å². The number of carboxylic acids is 1. The summed E-state index contributed by atoms with van der Waals surface area (Å²) in [6.45, 7) is 6.80. The average Bonchev–Trinajstić information content (AvgIpc) is 3.11. The summed E-state index contributed by atoms with van der Waals surface area (Å²) in [5.41, 5.74) is 0. The first-order chi connectivity index (χ1) is 25.3. The summed E-state index contributed by atoms with van der Waals surface area (Å²) in [6.07, 6.45) is 39.1. The van der Waals surface area contributed by atoms with Crippen LogP contribution in [0.25, 0.3) is 0 Å². The van der Waals surface area contributed by atoms with Crippen LogP contribution in [-0.2, 0) is 4.79 Å². The Labute approximate surface area is 364 Å². The largest absolute Gasteiger partial charge is 0.479 e. The maximum atomic E-state index is 13.0. The minimum atomic E-state index is -1.29. The molecule has 0 aromatic carbocycles. The Hall–Kier alpha value is 1.84. The number of thioether (sulfide) groups is 6. The van der Waals surface area contributed by atoms with Crippen LogP contribution >= 0.6 is 107 Å². The lowest BCUT2D eigenvalue weighted by Gasteiger charge is -2.27. The molecule has 0 rings (SSSR count). The predicted molar refractivity (Wildman–Crippen MR) is 264 cm³/mol. The first kappa shape index (κ1) is 53.8. The van der Waals surface area contributed by atoms with E-state index < -0.39 is 9.38 Å². The molecule has 52 heavy (non-hydrogen) atoms. The van der Waals surface area contributed by atoms with Crippen LogP contribution < -0.4 is 0 Å². The highest BCUT2D eigenvalue weighted by Crippen LogP contribution is 2.53. The van der Waals surface area contributed by atoms with Gasteiger partial charge in [0.15, 0.2) is 0 Å². The van der Waals surface area contributed by atoms with Crippen molar-refractivity contribution < 1.29 is 9.90 Å². The fourth-order valence-corrected chi connectivity index (χ4v) is 16.7. The highest BCUT2D eigenvalue weighted by atomic mass is 32.3. The van der Waals surface area contributed by atoms with Gasteiger partial charge < -0.3 is 5.11 Å². The molecule has 0 saturated heterocycles. The quantitative estimate of drug-likeness (QED) is 0.0368. The van der Waals surface area contributed by atoms with E-state index in [0.717, 1.165) is 36.5 Å². The number of carbonyl (C=O) groups is 1. The van der Waals surface area contributed by atoms with Gasteiger partial charge in [-0.15, -0.1) is 35.3 Å². The van der Waals surface area contributed by atoms with Crippen LogP contribution in [0.3, 0.4) is 0 Å². The fourth-order valence-electron chi connectivity index (χ4n) is 5.85. The van der Waals surface area contributed by atoms with Crippen molar-refractivity contribution >= 4 is 124 Å². The molecule has 0 heterocycles. The Morgan fingerprint density at radius 2 is 0.577 bits per heavy atom. The molecule has 11 heteroatoms. The lowest BCUT2D eigenvalue weighted by Crippen LogP contribution is -2.30. The molecule has 0 radical (unpaired) electrons. The second-order valence-corrected chi connectivity index (χ2v) is 25.3. The number of aliphatic carboxylic acids is 1. The van der Waals surface area contributed by atoms with E-state index >= 15 is 0 Å². The van der Waals surface area contributed by atoms with Crippen molar-refractivity contribution in [3.8, 4) is 0 Å². The molecule has 0 aliphatic carbocycles. The predicted octanol–water partition coefficient (Wildman–Crippen LogP) is 17.7. The number of rotatable bonds is 37. The topological polar surface area (TPSA) is 37.3 Å². The number of thiocarbonyl (C=S) groups is 3. The van der Waals surface area contributed by atoms with Crippen LogP contribution in [0.2, 0.25) is 0 Å². The highest BCUT2D eigenvalue weighted by Gasteiger charge is 2.45. The molecule has 306 valence electrons. The van der Waals surface area contributed by atoms with Crippen LogP contribution in [0.15, 0.2) is 0 Å². The summed E-state index contributed by atoms with van der Waals surface area (Å²) in [5.74, 6) is 1.90. The van der Waals surface area contributed by atoms with E-state index in [1.54, 1.807) is 35.3 Å². The van der Waals surface area contributed by atoms with Gasteiger partial charge in [0, 0.05) is 0 Å². The molecule has 0 spiro atoms. The van der Waals surface area contributed by atoms with Gasteiger partial charge in [0.05, 0.1) is 0 Å². The summed E-state index contributed by atoms with van der Waals surface area (Å²) in [6, 6.07) is 0. The minimum Gasteiger partial charge on any atom is -0.479 e. The van der Waals surface area contributed by atoms with Gasteiger partial charge in [0.25, 0.3) is 0 Å². The zero-order valence-corrected chi connectivity index (χ0v) is 40.7. The van der Waals surface area contributed by atoms with E-state index in [1.807, 2.05) is 0 Å². The fraction of sp³-hybridized carbons (Fsp3) is 0.902. The third kappa shape index (κ3) is 35.0.